The number of carbonyl (C=O) groups is 2. The highest BCUT2D eigenvalue weighted by Crippen LogP contribution is 2.29. The van der Waals surface area contributed by atoms with Crippen molar-refractivity contribution in [2.24, 2.45) is 5.73 Å². The number of amides is 2. The normalized spacial score (nSPS) is 11.9. The van der Waals surface area contributed by atoms with E-state index in [0.29, 0.717) is 33.9 Å². The predicted molar refractivity (Wildman–Crippen MR) is 105 cm³/mol. The van der Waals surface area contributed by atoms with Gasteiger partial charge in [-0.15, -0.1) is 28.1 Å². The number of furan rings is 1. The number of aromatic nitrogens is 3. The molecule has 0 saturated heterocycles. The summed E-state index contributed by atoms with van der Waals surface area (Å²) in [6.45, 7) is 5.97. The van der Waals surface area contributed by atoms with E-state index in [9.17, 15) is 9.59 Å². The van der Waals surface area contributed by atoms with Crippen molar-refractivity contribution in [3.63, 3.8) is 0 Å². The van der Waals surface area contributed by atoms with E-state index in [1.54, 1.807) is 42.8 Å². The molecule has 0 aromatic carbocycles. The zero-order chi connectivity index (χ0) is 19.4. The Morgan fingerprint density at radius 3 is 2.96 bits per heavy atom. The van der Waals surface area contributed by atoms with E-state index in [1.807, 2.05) is 4.57 Å². The first-order valence-corrected chi connectivity index (χ1v) is 9.70. The zero-order valence-corrected chi connectivity index (χ0v) is 16.0. The van der Waals surface area contributed by atoms with Crippen molar-refractivity contribution in [2.45, 2.75) is 23.9 Å². The number of nitrogens with zero attached hydrogens (tertiary/aromatic N) is 3. The van der Waals surface area contributed by atoms with Crippen molar-refractivity contribution in [3.8, 4) is 11.6 Å². The van der Waals surface area contributed by atoms with Crippen LogP contribution in [0.1, 0.15) is 17.3 Å². The van der Waals surface area contributed by atoms with E-state index in [2.05, 4.69) is 22.1 Å². The number of rotatable bonds is 8. The summed E-state index contributed by atoms with van der Waals surface area (Å²) in [5.41, 5.74) is 5.60. The number of anilines is 1. The molecule has 3 rings (SSSR count). The van der Waals surface area contributed by atoms with E-state index in [-0.39, 0.29) is 5.91 Å². The van der Waals surface area contributed by atoms with Gasteiger partial charge in [0, 0.05) is 6.54 Å². The van der Waals surface area contributed by atoms with Gasteiger partial charge in [-0.05, 0) is 30.5 Å². The third kappa shape index (κ3) is 4.12. The Kier molecular flexibility index (Phi) is 5.77. The topological polar surface area (TPSA) is 116 Å². The lowest BCUT2D eigenvalue weighted by Gasteiger charge is -2.12. The summed E-state index contributed by atoms with van der Waals surface area (Å²) < 4.78 is 7.21. The van der Waals surface area contributed by atoms with Crippen LogP contribution in [0.15, 0.2) is 52.1 Å². The van der Waals surface area contributed by atoms with Crippen molar-refractivity contribution in [3.05, 3.63) is 48.1 Å². The monoisotopic (exact) mass is 403 g/mol. The van der Waals surface area contributed by atoms with Crippen LogP contribution in [-0.2, 0) is 11.3 Å². The molecule has 1 unspecified atom stereocenters. The Morgan fingerprint density at radius 1 is 1.48 bits per heavy atom. The molecule has 0 aliphatic carbocycles. The largest absolute Gasteiger partial charge is 0.461 e. The molecular weight excluding hydrogens is 386 g/mol. The Labute approximate surface area is 163 Å². The first-order chi connectivity index (χ1) is 13.0. The van der Waals surface area contributed by atoms with E-state index in [1.165, 1.54) is 23.1 Å². The molecule has 0 aliphatic rings. The third-order valence-corrected chi connectivity index (χ3v) is 5.50. The van der Waals surface area contributed by atoms with Crippen LogP contribution >= 0.6 is 23.1 Å². The lowest BCUT2D eigenvalue weighted by atomic mass is 10.3. The second kappa shape index (κ2) is 8.23. The van der Waals surface area contributed by atoms with Crippen LogP contribution in [0.5, 0.6) is 0 Å². The van der Waals surface area contributed by atoms with Gasteiger partial charge >= 0.3 is 0 Å². The number of thiophene rings is 1. The fraction of sp³-hybridized carbons (Fsp3) is 0.176. The number of hydrogen-bond donors (Lipinski definition) is 2. The zero-order valence-electron chi connectivity index (χ0n) is 14.4. The first kappa shape index (κ1) is 18.9. The van der Waals surface area contributed by atoms with Crippen molar-refractivity contribution < 1.29 is 14.0 Å². The Balaban J connectivity index is 1.76. The lowest BCUT2D eigenvalue weighted by Crippen LogP contribution is -2.24. The molecule has 0 spiro atoms. The number of allylic oxidation sites excluding steroid dienone is 1. The van der Waals surface area contributed by atoms with E-state index < -0.39 is 11.2 Å². The summed E-state index contributed by atoms with van der Waals surface area (Å²) in [5.74, 6) is 0.292. The highest BCUT2D eigenvalue weighted by Gasteiger charge is 2.22. The molecule has 3 heterocycles. The summed E-state index contributed by atoms with van der Waals surface area (Å²) >= 11 is 2.49. The lowest BCUT2D eigenvalue weighted by molar-refractivity contribution is -0.115. The summed E-state index contributed by atoms with van der Waals surface area (Å²) in [7, 11) is 0. The van der Waals surface area contributed by atoms with Crippen LogP contribution in [0.2, 0.25) is 0 Å². The smallest absolute Gasteiger partial charge is 0.251 e. The van der Waals surface area contributed by atoms with Gasteiger partial charge in [-0.2, -0.15) is 0 Å². The SMILES string of the molecule is C=CCn1c(SC(C)C(=O)Nc2sccc2C(N)=O)nnc1-c1ccco1. The van der Waals surface area contributed by atoms with Crippen LogP contribution in [0, 0.1) is 0 Å². The van der Waals surface area contributed by atoms with Gasteiger partial charge in [0.05, 0.1) is 17.1 Å². The highest BCUT2D eigenvalue weighted by molar-refractivity contribution is 8.00. The molecule has 27 heavy (non-hydrogen) atoms. The molecule has 2 amide bonds. The molecule has 0 bridgehead atoms. The van der Waals surface area contributed by atoms with E-state index in [0.717, 1.165) is 0 Å². The summed E-state index contributed by atoms with van der Waals surface area (Å²) in [6, 6.07) is 5.13. The highest BCUT2D eigenvalue weighted by atomic mass is 32.2. The molecule has 140 valence electrons. The number of nitrogens with one attached hydrogen (secondary N) is 1. The minimum Gasteiger partial charge on any atom is -0.461 e. The first-order valence-electron chi connectivity index (χ1n) is 7.94. The third-order valence-electron chi connectivity index (χ3n) is 3.59. The molecule has 0 fully saturated rings. The van der Waals surface area contributed by atoms with Crippen LogP contribution in [0.4, 0.5) is 5.00 Å². The molecule has 8 nitrogen and oxygen atoms in total. The summed E-state index contributed by atoms with van der Waals surface area (Å²) in [6.07, 6.45) is 3.28. The quantitative estimate of drug-likeness (QED) is 0.441. The molecule has 10 heteroatoms. The average Bonchev–Trinajstić information content (AvgIpc) is 3.36. The van der Waals surface area contributed by atoms with Gasteiger partial charge in [-0.1, -0.05) is 17.8 Å². The molecule has 0 saturated carbocycles. The maximum Gasteiger partial charge on any atom is 0.251 e. The second-order valence-electron chi connectivity index (χ2n) is 5.46. The second-order valence-corrected chi connectivity index (χ2v) is 7.68. The maximum absolute atomic E-state index is 12.5. The van der Waals surface area contributed by atoms with Crippen molar-refractivity contribution in [1.29, 1.82) is 0 Å². The molecule has 3 aromatic heterocycles. The molecule has 3 aromatic rings. The van der Waals surface area contributed by atoms with E-state index in [4.69, 9.17) is 10.2 Å². The minimum atomic E-state index is -0.583. The molecule has 0 aliphatic heterocycles. The molecular formula is C17H17N5O3S2. The summed E-state index contributed by atoms with van der Waals surface area (Å²) in [4.78, 5) is 23.9. The van der Waals surface area contributed by atoms with Gasteiger partial charge in [0.2, 0.25) is 11.7 Å². The molecule has 0 radical (unpaired) electrons. The van der Waals surface area contributed by atoms with Crippen LogP contribution in [0.3, 0.4) is 0 Å². The number of nitrogens with two attached hydrogens (primary N) is 1. The fourth-order valence-corrected chi connectivity index (χ4v) is 3.94. The fourth-order valence-electron chi connectivity index (χ4n) is 2.28. The predicted octanol–water partition coefficient (Wildman–Crippen LogP) is 3.00. The van der Waals surface area contributed by atoms with Gasteiger partial charge in [0.15, 0.2) is 10.9 Å². The van der Waals surface area contributed by atoms with Gasteiger partial charge in [0.1, 0.15) is 5.00 Å². The van der Waals surface area contributed by atoms with Gasteiger partial charge in [0.25, 0.3) is 5.91 Å². The Morgan fingerprint density at radius 2 is 2.30 bits per heavy atom. The van der Waals surface area contributed by atoms with Gasteiger partial charge < -0.3 is 15.5 Å². The van der Waals surface area contributed by atoms with E-state index >= 15 is 0 Å². The van der Waals surface area contributed by atoms with Crippen LogP contribution in [-0.4, -0.2) is 31.8 Å². The Bertz CT molecular complexity index is 961. The minimum absolute atomic E-state index is 0.266. The number of hydrogen-bond acceptors (Lipinski definition) is 7. The number of primary amides is 1. The van der Waals surface area contributed by atoms with Crippen molar-refractivity contribution in [2.75, 3.05) is 5.32 Å². The van der Waals surface area contributed by atoms with Crippen LogP contribution in [0.25, 0.3) is 11.6 Å². The average molecular weight is 403 g/mol. The van der Waals surface area contributed by atoms with Gasteiger partial charge in [-0.25, -0.2) is 0 Å². The Hall–Kier alpha value is -2.85. The standard InChI is InChI=1S/C17H17N5O3S2/c1-3-7-22-14(12-5-4-8-25-12)20-21-17(22)27-10(2)15(24)19-16-11(13(18)23)6-9-26-16/h3-6,8-10H,1,7H2,2H3,(H2,18,23)(H,19,24). The van der Waals surface area contributed by atoms with Gasteiger partial charge in [-0.3, -0.25) is 14.2 Å². The van der Waals surface area contributed by atoms with Crippen molar-refractivity contribution >= 4 is 39.9 Å². The number of carbonyl (C=O) groups excluding carboxylic acids is 2. The summed E-state index contributed by atoms with van der Waals surface area (Å²) in [5, 5.41) is 13.3. The molecule has 3 N–H and O–H groups in total. The molecule has 1 atom stereocenters. The maximum atomic E-state index is 12.5. The number of thioether (sulfide) groups is 1. The van der Waals surface area contributed by atoms with Crippen molar-refractivity contribution in [1.82, 2.24) is 14.8 Å². The van der Waals surface area contributed by atoms with Crippen LogP contribution < -0.4 is 11.1 Å².